The third-order valence-electron chi connectivity index (χ3n) is 4.20. The van der Waals surface area contributed by atoms with Crippen molar-refractivity contribution in [2.75, 3.05) is 14.1 Å². The van der Waals surface area contributed by atoms with E-state index in [-0.39, 0.29) is 5.54 Å². The number of likely N-dealkylation sites (N-methyl/N-ethyl adjacent to an activating group) is 1. The number of carbonyl (C=O) groups is 1. The molecule has 0 aromatic rings. The monoisotopic (exact) mass is 235 g/mol. The minimum atomic E-state index is -0.207. The summed E-state index contributed by atoms with van der Waals surface area (Å²) in [5.74, 6) is 3.77. The molecule has 1 rings (SSSR count). The number of rotatable bonds is 5. The van der Waals surface area contributed by atoms with Gasteiger partial charge in [0.15, 0.2) is 5.78 Å². The highest BCUT2D eigenvalue weighted by atomic mass is 16.1. The highest BCUT2D eigenvalue weighted by molar-refractivity contribution is 5.88. The van der Waals surface area contributed by atoms with Crippen molar-refractivity contribution in [1.82, 2.24) is 4.90 Å². The van der Waals surface area contributed by atoms with E-state index in [1.165, 1.54) is 12.8 Å². The topological polar surface area (TPSA) is 20.3 Å². The molecule has 0 amide bonds. The van der Waals surface area contributed by atoms with Gasteiger partial charge in [-0.05, 0) is 52.1 Å². The van der Waals surface area contributed by atoms with Gasteiger partial charge in [-0.15, -0.1) is 12.3 Å². The Morgan fingerprint density at radius 3 is 2.47 bits per heavy atom. The molecule has 0 atom stereocenters. The molecule has 96 valence electrons. The van der Waals surface area contributed by atoms with Gasteiger partial charge in [-0.1, -0.05) is 6.92 Å². The van der Waals surface area contributed by atoms with Crippen molar-refractivity contribution >= 4 is 5.78 Å². The van der Waals surface area contributed by atoms with E-state index in [0.29, 0.717) is 18.6 Å². The first-order valence-corrected chi connectivity index (χ1v) is 6.67. The Morgan fingerprint density at radius 1 is 1.41 bits per heavy atom. The van der Waals surface area contributed by atoms with Crippen LogP contribution in [0.2, 0.25) is 0 Å². The maximum Gasteiger partial charge on any atom is 0.153 e. The molecule has 1 fully saturated rings. The van der Waals surface area contributed by atoms with Crippen LogP contribution in [-0.2, 0) is 4.79 Å². The normalized spacial score (nSPS) is 29.0. The first kappa shape index (κ1) is 14.3. The first-order valence-electron chi connectivity index (χ1n) is 6.67. The van der Waals surface area contributed by atoms with Crippen LogP contribution in [0.25, 0.3) is 0 Å². The predicted octanol–water partition coefficient (Wildman–Crippen LogP) is 2.87. The van der Waals surface area contributed by atoms with E-state index in [4.69, 9.17) is 6.42 Å². The second kappa shape index (κ2) is 6.21. The molecule has 1 aliphatic rings. The summed E-state index contributed by atoms with van der Waals surface area (Å²) in [4.78, 5) is 14.6. The van der Waals surface area contributed by atoms with Gasteiger partial charge >= 0.3 is 0 Å². The summed E-state index contributed by atoms with van der Waals surface area (Å²) in [7, 11) is 4.07. The second-order valence-electron chi connectivity index (χ2n) is 5.59. The maximum atomic E-state index is 12.4. The minimum Gasteiger partial charge on any atom is -0.298 e. The van der Waals surface area contributed by atoms with Gasteiger partial charge in [0.05, 0.1) is 5.54 Å². The molecule has 0 radical (unpaired) electrons. The highest BCUT2D eigenvalue weighted by Gasteiger charge is 2.41. The molecule has 2 heteroatoms. The lowest BCUT2D eigenvalue weighted by atomic mass is 9.73. The summed E-state index contributed by atoms with van der Waals surface area (Å²) in [5.41, 5.74) is -0.207. The zero-order valence-electron chi connectivity index (χ0n) is 11.5. The molecule has 0 aromatic heterocycles. The second-order valence-corrected chi connectivity index (χ2v) is 5.59. The summed E-state index contributed by atoms with van der Waals surface area (Å²) in [6, 6.07) is 0. The van der Waals surface area contributed by atoms with Gasteiger partial charge in [0.2, 0.25) is 0 Å². The molecule has 0 aromatic carbocycles. The van der Waals surface area contributed by atoms with Crippen LogP contribution >= 0.6 is 0 Å². The summed E-state index contributed by atoms with van der Waals surface area (Å²) < 4.78 is 0. The van der Waals surface area contributed by atoms with Crippen molar-refractivity contribution in [2.24, 2.45) is 5.92 Å². The molecular weight excluding hydrogens is 210 g/mol. The number of carbonyl (C=O) groups excluding carboxylic acids is 1. The number of nitrogens with zero attached hydrogens (tertiary/aromatic N) is 1. The zero-order chi connectivity index (χ0) is 12.9. The number of terminal acetylenes is 1. The van der Waals surface area contributed by atoms with Gasteiger partial charge in [-0.3, -0.25) is 9.69 Å². The zero-order valence-corrected chi connectivity index (χ0v) is 11.5. The molecule has 0 N–H and O–H groups in total. The van der Waals surface area contributed by atoms with Crippen LogP contribution in [0.3, 0.4) is 0 Å². The van der Waals surface area contributed by atoms with Crippen LogP contribution in [0.1, 0.15) is 51.9 Å². The Morgan fingerprint density at radius 2 is 2.00 bits per heavy atom. The third-order valence-corrected chi connectivity index (χ3v) is 4.20. The molecule has 0 bridgehead atoms. The van der Waals surface area contributed by atoms with Crippen molar-refractivity contribution in [2.45, 2.75) is 57.4 Å². The highest BCUT2D eigenvalue weighted by Crippen LogP contribution is 2.36. The predicted molar refractivity (Wildman–Crippen MR) is 71.7 cm³/mol. The third kappa shape index (κ3) is 3.33. The molecule has 1 aliphatic carbocycles. The molecule has 17 heavy (non-hydrogen) atoms. The molecule has 0 heterocycles. The Labute approximate surface area is 106 Å². The van der Waals surface area contributed by atoms with Gasteiger partial charge in [0.1, 0.15) is 0 Å². The lowest BCUT2D eigenvalue weighted by molar-refractivity contribution is -0.132. The Hall–Kier alpha value is -0.810. The van der Waals surface area contributed by atoms with E-state index >= 15 is 0 Å². The molecule has 2 nitrogen and oxygen atoms in total. The quantitative estimate of drug-likeness (QED) is 0.539. The fraction of sp³-hybridized carbons (Fsp3) is 0.800. The van der Waals surface area contributed by atoms with E-state index < -0.39 is 0 Å². The Balaban J connectivity index is 2.65. The van der Waals surface area contributed by atoms with E-state index in [0.717, 1.165) is 25.2 Å². The molecule has 0 unspecified atom stereocenters. The first-order chi connectivity index (χ1) is 8.03. The standard InChI is InChI=1S/C15H25NO/c1-5-6-7-8-14(17)15(16(3)4)11-9-13(2)10-12-15/h1,13H,6-12H2,2-4H3. The molecule has 0 aliphatic heterocycles. The van der Waals surface area contributed by atoms with Crippen LogP contribution in [0, 0.1) is 18.3 Å². The van der Waals surface area contributed by atoms with Gasteiger partial charge in [0, 0.05) is 12.8 Å². The van der Waals surface area contributed by atoms with Gasteiger partial charge in [0.25, 0.3) is 0 Å². The average Bonchev–Trinajstić information content (AvgIpc) is 2.30. The Kier molecular flexibility index (Phi) is 5.21. The van der Waals surface area contributed by atoms with Crippen LogP contribution in [-0.4, -0.2) is 30.3 Å². The van der Waals surface area contributed by atoms with Crippen molar-refractivity contribution in [3.8, 4) is 12.3 Å². The molecule has 0 saturated heterocycles. The van der Waals surface area contributed by atoms with Gasteiger partial charge in [-0.2, -0.15) is 0 Å². The average molecular weight is 235 g/mol. The largest absolute Gasteiger partial charge is 0.298 e. The van der Waals surface area contributed by atoms with E-state index in [2.05, 4.69) is 17.7 Å². The molecular formula is C15H25NO. The lowest BCUT2D eigenvalue weighted by Gasteiger charge is -2.43. The summed E-state index contributed by atoms with van der Waals surface area (Å²) in [6.45, 7) is 2.28. The Bertz CT molecular complexity index is 293. The fourth-order valence-corrected chi connectivity index (χ4v) is 2.80. The van der Waals surface area contributed by atoms with Crippen molar-refractivity contribution in [3.63, 3.8) is 0 Å². The molecule has 1 saturated carbocycles. The fourth-order valence-electron chi connectivity index (χ4n) is 2.80. The van der Waals surface area contributed by atoms with Crippen molar-refractivity contribution in [3.05, 3.63) is 0 Å². The number of ketones is 1. The summed E-state index contributed by atoms with van der Waals surface area (Å²) in [5, 5.41) is 0. The summed E-state index contributed by atoms with van der Waals surface area (Å²) in [6.07, 6.45) is 11.8. The maximum absolute atomic E-state index is 12.4. The SMILES string of the molecule is C#CCCCC(=O)C1(N(C)C)CCC(C)CC1. The lowest BCUT2D eigenvalue weighted by Crippen LogP contribution is -2.53. The van der Waals surface area contributed by atoms with E-state index in [1.807, 2.05) is 14.1 Å². The minimum absolute atomic E-state index is 0.207. The number of unbranched alkanes of at least 4 members (excludes halogenated alkanes) is 1. The number of Topliss-reactive ketones (excluding diaryl/α,β-unsaturated/α-hetero) is 1. The van der Waals surface area contributed by atoms with Gasteiger partial charge < -0.3 is 0 Å². The van der Waals surface area contributed by atoms with Crippen LogP contribution in [0.15, 0.2) is 0 Å². The van der Waals surface area contributed by atoms with Crippen LogP contribution in [0.5, 0.6) is 0 Å². The van der Waals surface area contributed by atoms with E-state index in [1.54, 1.807) is 0 Å². The molecule has 0 spiro atoms. The number of hydrogen-bond donors (Lipinski definition) is 0. The van der Waals surface area contributed by atoms with Gasteiger partial charge in [-0.25, -0.2) is 0 Å². The van der Waals surface area contributed by atoms with Crippen LogP contribution in [0.4, 0.5) is 0 Å². The van der Waals surface area contributed by atoms with E-state index in [9.17, 15) is 4.79 Å². The van der Waals surface area contributed by atoms with Crippen molar-refractivity contribution in [1.29, 1.82) is 0 Å². The smallest absolute Gasteiger partial charge is 0.153 e. The summed E-state index contributed by atoms with van der Waals surface area (Å²) >= 11 is 0. The van der Waals surface area contributed by atoms with Crippen LogP contribution < -0.4 is 0 Å². The number of hydrogen-bond acceptors (Lipinski definition) is 2. The van der Waals surface area contributed by atoms with Crippen molar-refractivity contribution < 1.29 is 4.79 Å².